The van der Waals surface area contributed by atoms with Crippen LogP contribution in [0.15, 0.2) is 0 Å². The van der Waals surface area contributed by atoms with Gasteiger partial charge in [-0.1, -0.05) is 12.8 Å². The molecule has 0 bridgehead atoms. The van der Waals surface area contributed by atoms with Crippen LogP contribution in [0.25, 0.3) is 0 Å². The highest BCUT2D eigenvalue weighted by molar-refractivity contribution is 5.74. The van der Waals surface area contributed by atoms with E-state index in [4.69, 9.17) is 9.47 Å². The summed E-state index contributed by atoms with van der Waals surface area (Å²) in [5.41, 5.74) is 0. The number of hydrogen-bond acceptors (Lipinski definition) is 3. The standard InChI is InChI=1S/C17H28N2O3/c20-16(18-15-3-1-2-14(12-15)13-4-5-13)19-8-6-17(7-9-19)21-10-11-22-17/h13-15H,1-12H2,(H,18,20). The van der Waals surface area contributed by atoms with Gasteiger partial charge in [0.2, 0.25) is 0 Å². The van der Waals surface area contributed by atoms with Gasteiger partial charge in [0.1, 0.15) is 0 Å². The molecule has 2 unspecified atom stereocenters. The maximum absolute atomic E-state index is 12.5. The van der Waals surface area contributed by atoms with E-state index in [0.29, 0.717) is 19.3 Å². The average Bonchev–Trinajstić information content (AvgIpc) is 3.30. The third-order valence-corrected chi connectivity index (χ3v) is 5.96. The molecule has 0 aromatic heterocycles. The van der Waals surface area contributed by atoms with Crippen molar-refractivity contribution in [2.75, 3.05) is 26.3 Å². The van der Waals surface area contributed by atoms with Gasteiger partial charge < -0.3 is 19.7 Å². The first-order chi connectivity index (χ1) is 10.7. The third kappa shape index (κ3) is 3.11. The van der Waals surface area contributed by atoms with E-state index in [-0.39, 0.29) is 6.03 Å². The summed E-state index contributed by atoms with van der Waals surface area (Å²) in [4.78, 5) is 14.4. The van der Waals surface area contributed by atoms with Crippen LogP contribution in [0.1, 0.15) is 51.4 Å². The quantitative estimate of drug-likeness (QED) is 0.853. The van der Waals surface area contributed by atoms with E-state index in [9.17, 15) is 4.79 Å². The number of nitrogens with one attached hydrogen (secondary N) is 1. The number of carbonyl (C=O) groups is 1. The van der Waals surface area contributed by atoms with Gasteiger partial charge in [-0.15, -0.1) is 0 Å². The molecule has 2 heterocycles. The third-order valence-electron chi connectivity index (χ3n) is 5.96. The molecule has 4 aliphatic rings. The lowest BCUT2D eigenvalue weighted by atomic mass is 9.83. The highest BCUT2D eigenvalue weighted by Gasteiger charge is 2.41. The van der Waals surface area contributed by atoms with Gasteiger partial charge in [-0.25, -0.2) is 4.79 Å². The van der Waals surface area contributed by atoms with E-state index in [0.717, 1.165) is 44.2 Å². The van der Waals surface area contributed by atoms with Crippen molar-refractivity contribution in [1.29, 1.82) is 0 Å². The number of carbonyl (C=O) groups excluding carboxylic acids is 1. The molecule has 0 radical (unpaired) electrons. The minimum absolute atomic E-state index is 0.120. The van der Waals surface area contributed by atoms with Gasteiger partial charge in [-0.2, -0.15) is 0 Å². The van der Waals surface area contributed by atoms with Crippen LogP contribution in [0, 0.1) is 11.8 Å². The zero-order chi connectivity index (χ0) is 15.0. The Hall–Kier alpha value is -0.810. The van der Waals surface area contributed by atoms with Crippen LogP contribution >= 0.6 is 0 Å². The SMILES string of the molecule is O=C(NC1CCCC(C2CC2)C1)N1CCC2(CC1)OCCO2. The lowest BCUT2D eigenvalue weighted by Crippen LogP contribution is -2.52. The number of nitrogens with zero attached hydrogens (tertiary/aromatic N) is 1. The van der Waals surface area contributed by atoms with Gasteiger partial charge >= 0.3 is 6.03 Å². The van der Waals surface area contributed by atoms with Crippen molar-refractivity contribution in [3.8, 4) is 0 Å². The van der Waals surface area contributed by atoms with Crippen molar-refractivity contribution >= 4 is 6.03 Å². The Balaban J connectivity index is 1.25. The molecule has 1 N–H and O–H groups in total. The Labute approximate surface area is 132 Å². The Bertz CT molecular complexity index is 408. The zero-order valence-electron chi connectivity index (χ0n) is 13.4. The van der Waals surface area contributed by atoms with E-state index >= 15 is 0 Å². The Morgan fingerprint density at radius 2 is 1.73 bits per heavy atom. The van der Waals surface area contributed by atoms with E-state index in [1.165, 1.54) is 32.1 Å². The molecule has 2 amide bonds. The van der Waals surface area contributed by atoms with Crippen LogP contribution in [-0.4, -0.2) is 49.1 Å². The van der Waals surface area contributed by atoms with Crippen LogP contribution in [0.5, 0.6) is 0 Å². The molecule has 5 heteroatoms. The summed E-state index contributed by atoms with van der Waals surface area (Å²) in [6, 6.07) is 0.510. The first-order valence-corrected chi connectivity index (χ1v) is 9.07. The molecule has 4 rings (SSSR count). The van der Waals surface area contributed by atoms with Crippen LogP contribution in [0.3, 0.4) is 0 Å². The van der Waals surface area contributed by atoms with E-state index in [2.05, 4.69) is 5.32 Å². The molecule has 2 saturated carbocycles. The molecule has 22 heavy (non-hydrogen) atoms. The lowest BCUT2D eigenvalue weighted by Gasteiger charge is -2.38. The van der Waals surface area contributed by atoms with Gasteiger partial charge in [0, 0.05) is 32.0 Å². The maximum Gasteiger partial charge on any atom is 0.317 e. The van der Waals surface area contributed by atoms with E-state index in [1.54, 1.807) is 0 Å². The molecule has 2 aliphatic heterocycles. The number of amides is 2. The number of rotatable bonds is 2. The van der Waals surface area contributed by atoms with Crippen LogP contribution in [0.4, 0.5) is 4.79 Å². The van der Waals surface area contributed by atoms with Crippen LogP contribution in [0.2, 0.25) is 0 Å². The predicted octanol–water partition coefficient (Wildman–Crippen LogP) is 2.50. The van der Waals surface area contributed by atoms with Crippen molar-refractivity contribution < 1.29 is 14.3 Å². The summed E-state index contributed by atoms with van der Waals surface area (Å²) in [7, 11) is 0. The molecule has 4 fully saturated rings. The molecule has 0 aromatic rings. The highest BCUT2D eigenvalue weighted by atomic mass is 16.7. The van der Waals surface area contributed by atoms with Gasteiger partial charge in [-0.3, -0.25) is 0 Å². The summed E-state index contributed by atoms with van der Waals surface area (Å²) in [6.07, 6.45) is 9.43. The fraction of sp³-hybridized carbons (Fsp3) is 0.941. The minimum Gasteiger partial charge on any atom is -0.347 e. The summed E-state index contributed by atoms with van der Waals surface area (Å²) in [5, 5.41) is 3.29. The second kappa shape index (κ2) is 6.00. The molecule has 5 nitrogen and oxygen atoms in total. The second-order valence-corrected chi connectivity index (χ2v) is 7.51. The van der Waals surface area contributed by atoms with Gasteiger partial charge in [0.15, 0.2) is 5.79 Å². The summed E-state index contributed by atoms with van der Waals surface area (Å²) in [6.45, 7) is 2.86. The molecular weight excluding hydrogens is 280 g/mol. The fourth-order valence-corrected chi connectivity index (χ4v) is 4.46. The van der Waals surface area contributed by atoms with Crippen LogP contribution in [-0.2, 0) is 9.47 Å². The van der Waals surface area contributed by atoms with Crippen molar-refractivity contribution in [2.24, 2.45) is 11.8 Å². The number of likely N-dealkylation sites (tertiary alicyclic amines) is 1. The summed E-state index contributed by atoms with van der Waals surface area (Å²) >= 11 is 0. The van der Waals surface area contributed by atoms with Gasteiger partial charge in [0.25, 0.3) is 0 Å². The molecule has 1 spiro atoms. The molecule has 124 valence electrons. The number of piperidine rings is 1. The number of urea groups is 1. The van der Waals surface area contributed by atoms with Gasteiger partial charge in [-0.05, 0) is 37.5 Å². The molecule has 2 atom stereocenters. The largest absolute Gasteiger partial charge is 0.347 e. The number of ether oxygens (including phenoxy) is 2. The van der Waals surface area contributed by atoms with E-state index in [1.807, 2.05) is 4.90 Å². The van der Waals surface area contributed by atoms with Crippen molar-refractivity contribution in [3.63, 3.8) is 0 Å². The Morgan fingerprint density at radius 3 is 2.41 bits per heavy atom. The fourth-order valence-electron chi connectivity index (χ4n) is 4.46. The molecular formula is C17H28N2O3. The van der Waals surface area contributed by atoms with Crippen molar-refractivity contribution in [3.05, 3.63) is 0 Å². The normalized spacial score (nSPS) is 34.8. The Kier molecular flexibility index (Phi) is 4.03. The van der Waals surface area contributed by atoms with E-state index < -0.39 is 5.79 Å². The predicted molar refractivity (Wildman–Crippen MR) is 82.4 cm³/mol. The zero-order valence-corrected chi connectivity index (χ0v) is 13.4. The first-order valence-electron chi connectivity index (χ1n) is 9.07. The monoisotopic (exact) mass is 308 g/mol. The molecule has 2 saturated heterocycles. The second-order valence-electron chi connectivity index (χ2n) is 7.51. The average molecular weight is 308 g/mol. The topological polar surface area (TPSA) is 50.8 Å². The summed E-state index contributed by atoms with van der Waals surface area (Å²) < 4.78 is 11.5. The van der Waals surface area contributed by atoms with Crippen molar-refractivity contribution in [2.45, 2.75) is 63.2 Å². The molecule has 0 aromatic carbocycles. The summed E-state index contributed by atoms with van der Waals surface area (Å²) in [5.74, 6) is 1.44. The highest BCUT2D eigenvalue weighted by Crippen LogP contribution is 2.44. The number of hydrogen-bond donors (Lipinski definition) is 1. The smallest absolute Gasteiger partial charge is 0.317 e. The Morgan fingerprint density at radius 1 is 1.00 bits per heavy atom. The van der Waals surface area contributed by atoms with Crippen LogP contribution < -0.4 is 5.32 Å². The van der Waals surface area contributed by atoms with Gasteiger partial charge in [0.05, 0.1) is 13.2 Å². The maximum atomic E-state index is 12.5. The first kappa shape index (κ1) is 14.8. The molecule has 2 aliphatic carbocycles. The lowest BCUT2D eigenvalue weighted by molar-refractivity contribution is -0.181. The minimum atomic E-state index is -0.390. The van der Waals surface area contributed by atoms with Crippen molar-refractivity contribution in [1.82, 2.24) is 10.2 Å².